The van der Waals surface area contributed by atoms with E-state index in [4.69, 9.17) is 4.74 Å². The molecule has 0 amide bonds. The third kappa shape index (κ3) is 3.64. The van der Waals surface area contributed by atoms with Gasteiger partial charge in [0.05, 0.1) is 0 Å². The molecule has 0 saturated carbocycles. The van der Waals surface area contributed by atoms with E-state index in [-0.39, 0.29) is 12.4 Å². The number of nitrogens with one attached hydrogen (secondary N) is 1. The molecule has 1 aromatic carbocycles. The lowest BCUT2D eigenvalue weighted by Crippen LogP contribution is -2.21. The molecule has 1 N–H and O–H groups in total. The SMILES string of the molecule is CCNCCOc1ccccc1S(=O)(=O)C(F)F. The Morgan fingerprint density at radius 3 is 2.61 bits per heavy atom. The Bertz CT molecular complexity index is 477. The van der Waals surface area contributed by atoms with Gasteiger partial charge >= 0.3 is 5.76 Å². The van der Waals surface area contributed by atoms with Crippen LogP contribution in [0.3, 0.4) is 0 Å². The van der Waals surface area contributed by atoms with E-state index in [9.17, 15) is 17.2 Å². The first-order valence-corrected chi connectivity index (χ1v) is 6.99. The summed E-state index contributed by atoms with van der Waals surface area (Å²) in [6, 6.07) is 5.39. The van der Waals surface area contributed by atoms with Gasteiger partial charge in [-0.25, -0.2) is 8.42 Å². The predicted octanol–water partition coefficient (Wildman–Crippen LogP) is 1.67. The third-order valence-corrected chi connectivity index (χ3v) is 3.60. The maximum atomic E-state index is 12.5. The zero-order valence-corrected chi connectivity index (χ0v) is 10.7. The molecule has 18 heavy (non-hydrogen) atoms. The van der Waals surface area contributed by atoms with Crippen molar-refractivity contribution in [3.8, 4) is 5.75 Å². The number of hydrogen-bond acceptors (Lipinski definition) is 4. The molecular formula is C11H15F2NO3S. The van der Waals surface area contributed by atoms with Crippen LogP contribution in [-0.2, 0) is 9.84 Å². The summed E-state index contributed by atoms with van der Waals surface area (Å²) in [5, 5.41) is 2.98. The van der Waals surface area contributed by atoms with Gasteiger partial charge in [-0.1, -0.05) is 19.1 Å². The van der Waals surface area contributed by atoms with E-state index in [1.807, 2.05) is 6.92 Å². The van der Waals surface area contributed by atoms with Crippen molar-refractivity contribution < 1.29 is 21.9 Å². The normalized spacial score (nSPS) is 11.8. The Kier molecular flexibility index (Phi) is 5.49. The Morgan fingerprint density at radius 2 is 2.00 bits per heavy atom. The lowest BCUT2D eigenvalue weighted by molar-refractivity contribution is 0.233. The van der Waals surface area contributed by atoms with Gasteiger partial charge in [0.1, 0.15) is 17.3 Å². The second kappa shape index (κ2) is 6.65. The number of halogens is 2. The van der Waals surface area contributed by atoms with Crippen LogP contribution >= 0.6 is 0 Å². The van der Waals surface area contributed by atoms with E-state index in [1.54, 1.807) is 0 Å². The summed E-state index contributed by atoms with van der Waals surface area (Å²) in [6.45, 7) is 3.39. The van der Waals surface area contributed by atoms with E-state index in [0.717, 1.165) is 12.6 Å². The molecule has 0 saturated heterocycles. The van der Waals surface area contributed by atoms with E-state index >= 15 is 0 Å². The van der Waals surface area contributed by atoms with Gasteiger partial charge in [-0.15, -0.1) is 0 Å². The van der Waals surface area contributed by atoms with Gasteiger partial charge < -0.3 is 10.1 Å². The van der Waals surface area contributed by atoms with E-state index in [1.165, 1.54) is 18.2 Å². The van der Waals surface area contributed by atoms with Crippen LogP contribution in [0.2, 0.25) is 0 Å². The standard InChI is InChI=1S/C11H15F2NO3S/c1-2-14-7-8-17-9-5-3-4-6-10(9)18(15,16)11(12)13/h3-6,11,14H,2,7-8H2,1H3. The van der Waals surface area contributed by atoms with Crippen molar-refractivity contribution in [1.29, 1.82) is 0 Å². The third-order valence-electron chi connectivity index (χ3n) is 2.18. The zero-order valence-electron chi connectivity index (χ0n) is 9.90. The van der Waals surface area contributed by atoms with Crippen LogP contribution in [0.4, 0.5) is 8.78 Å². The van der Waals surface area contributed by atoms with Crippen LogP contribution in [-0.4, -0.2) is 33.9 Å². The highest BCUT2D eigenvalue weighted by atomic mass is 32.2. The van der Waals surface area contributed by atoms with E-state index in [2.05, 4.69) is 5.32 Å². The highest BCUT2D eigenvalue weighted by Gasteiger charge is 2.29. The number of hydrogen-bond donors (Lipinski definition) is 1. The van der Waals surface area contributed by atoms with E-state index in [0.29, 0.717) is 6.54 Å². The van der Waals surface area contributed by atoms with Crippen LogP contribution < -0.4 is 10.1 Å². The van der Waals surface area contributed by atoms with Crippen LogP contribution in [0, 0.1) is 0 Å². The first-order valence-electron chi connectivity index (χ1n) is 5.44. The first kappa shape index (κ1) is 14.8. The quantitative estimate of drug-likeness (QED) is 0.771. The first-order chi connectivity index (χ1) is 8.50. The molecular weight excluding hydrogens is 264 g/mol. The van der Waals surface area contributed by atoms with Crippen LogP contribution in [0.1, 0.15) is 6.92 Å². The number of likely N-dealkylation sites (N-methyl/N-ethyl adjacent to an activating group) is 1. The summed E-state index contributed by atoms with van der Waals surface area (Å²) < 4.78 is 52.9. The monoisotopic (exact) mass is 279 g/mol. The average Bonchev–Trinajstić information content (AvgIpc) is 2.35. The van der Waals surface area contributed by atoms with Gasteiger partial charge in [-0.2, -0.15) is 8.78 Å². The molecule has 0 heterocycles. The fourth-order valence-corrected chi connectivity index (χ4v) is 2.18. The van der Waals surface area contributed by atoms with Gasteiger partial charge in [0.2, 0.25) is 9.84 Å². The number of alkyl halides is 2. The van der Waals surface area contributed by atoms with Crippen LogP contribution in [0.15, 0.2) is 29.2 Å². The van der Waals surface area contributed by atoms with Crippen molar-refractivity contribution in [1.82, 2.24) is 5.32 Å². The Morgan fingerprint density at radius 1 is 1.33 bits per heavy atom. The molecule has 7 heteroatoms. The Labute approximate surface area is 105 Å². The average molecular weight is 279 g/mol. The van der Waals surface area contributed by atoms with Crippen LogP contribution in [0.25, 0.3) is 0 Å². The van der Waals surface area contributed by atoms with Crippen molar-refractivity contribution in [2.75, 3.05) is 19.7 Å². The number of sulfone groups is 1. The highest BCUT2D eigenvalue weighted by molar-refractivity contribution is 7.91. The molecule has 0 bridgehead atoms. The van der Waals surface area contributed by atoms with Gasteiger partial charge in [-0.3, -0.25) is 0 Å². The number of benzene rings is 1. The summed E-state index contributed by atoms with van der Waals surface area (Å²) in [5.74, 6) is -3.49. The zero-order chi connectivity index (χ0) is 13.6. The fourth-order valence-electron chi connectivity index (χ4n) is 1.31. The smallest absolute Gasteiger partial charge is 0.341 e. The van der Waals surface area contributed by atoms with Crippen molar-refractivity contribution in [3.05, 3.63) is 24.3 Å². The molecule has 0 unspecified atom stereocenters. The molecule has 0 aliphatic carbocycles. The van der Waals surface area contributed by atoms with Crippen LogP contribution in [0.5, 0.6) is 5.75 Å². The summed E-state index contributed by atoms with van der Waals surface area (Å²) in [7, 11) is -4.63. The fraction of sp³-hybridized carbons (Fsp3) is 0.455. The molecule has 0 aromatic heterocycles. The largest absolute Gasteiger partial charge is 0.491 e. The van der Waals surface area contributed by atoms with Crippen molar-refractivity contribution in [3.63, 3.8) is 0 Å². The number of para-hydroxylation sites is 1. The molecule has 0 aliphatic rings. The molecule has 1 rings (SSSR count). The van der Waals surface area contributed by atoms with Crippen molar-refractivity contribution in [2.45, 2.75) is 17.6 Å². The van der Waals surface area contributed by atoms with Crippen molar-refractivity contribution >= 4 is 9.84 Å². The Hall–Kier alpha value is -1.21. The topological polar surface area (TPSA) is 55.4 Å². The highest BCUT2D eigenvalue weighted by Crippen LogP contribution is 2.27. The number of ether oxygens (including phenoxy) is 1. The minimum Gasteiger partial charge on any atom is -0.491 e. The lowest BCUT2D eigenvalue weighted by Gasteiger charge is -2.11. The van der Waals surface area contributed by atoms with Gasteiger partial charge in [0.15, 0.2) is 0 Å². The molecule has 0 spiro atoms. The van der Waals surface area contributed by atoms with Gasteiger partial charge in [0, 0.05) is 6.54 Å². The molecule has 1 aromatic rings. The van der Waals surface area contributed by atoms with Crippen molar-refractivity contribution in [2.24, 2.45) is 0 Å². The summed E-state index contributed by atoms with van der Waals surface area (Å²) in [6.07, 6.45) is 0. The second-order valence-corrected chi connectivity index (χ2v) is 5.34. The molecule has 0 atom stereocenters. The molecule has 102 valence electrons. The van der Waals surface area contributed by atoms with Gasteiger partial charge in [0.25, 0.3) is 0 Å². The minimum atomic E-state index is -4.63. The maximum absolute atomic E-state index is 12.5. The van der Waals surface area contributed by atoms with Gasteiger partial charge in [-0.05, 0) is 18.7 Å². The van der Waals surface area contributed by atoms with E-state index < -0.39 is 20.5 Å². The molecule has 0 aliphatic heterocycles. The minimum absolute atomic E-state index is 0.0456. The predicted molar refractivity (Wildman–Crippen MR) is 63.7 cm³/mol. The summed E-state index contributed by atoms with van der Waals surface area (Å²) >= 11 is 0. The second-order valence-electron chi connectivity index (χ2n) is 3.45. The number of rotatable bonds is 7. The molecule has 0 radical (unpaired) electrons. The molecule has 0 fully saturated rings. The summed E-state index contributed by atoms with van der Waals surface area (Å²) in [5.41, 5.74) is 0. The maximum Gasteiger partial charge on any atom is 0.341 e. The lowest BCUT2D eigenvalue weighted by atomic mass is 10.3. The molecule has 4 nitrogen and oxygen atoms in total. The Balaban J connectivity index is 2.87. The summed E-state index contributed by atoms with van der Waals surface area (Å²) in [4.78, 5) is -0.475.